The predicted molar refractivity (Wildman–Crippen MR) is 119 cm³/mol. The maximum atomic E-state index is 13.3. The van der Waals surface area contributed by atoms with E-state index in [4.69, 9.17) is 9.47 Å². The minimum absolute atomic E-state index is 0.0745. The van der Waals surface area contributed by atoms with Gasteiger partial charge in [0, 0.05) is 55.6 Å². The molecule has 1 aliphatic rings. The van der Waals surface area contributed by atoms with Crippen molar-refractivity contribution in [1.82, 2.24) is 9.47 Å². The van der Waals surface area contributed by atoms with Gasteiger partial charge in [-0.2, -0.15) is 0 Å². The molecular weight excluding hydrogens is 376 g/mol. The van der Waals surface area contributed by atoms with E-state index in [9.17, 15) is 4.79 Å². The van der Waals surface area contributed by atoms with Crippen molar-refractivity contribution in [2.75, 3.05) is 27.3 Å². The third kappa shape index (κ3) is 4.02. The number of carbonyl (C=O) groups is 1. The maximum absolute atomic E-state index is 13.3. The number of hydrogen-bond donors (Lipinski definition) is 0. The van der Waals surface area contributed by atoms with Crippen LogP contribution in [0.4, 0.5) is 0 Å². The van der Waals surface area contributed by atoms with Crippen LogP contribution in [0, 0.1) is 0 Å². The van der Waals surface area contributed by atoms with E-state index in [0.29, 0.717) is 6.42 Å². The zero-order valence-corrected chi connectivity index (χ0v) is 18.1. The van der Waals surface area contributed by atoms with Crippen LogP contribution in [-0.4, -0.2) is 42.7 Å². The number of methoxy groups -OCH3 is 2. The fourth-order valence-electron chi connectivity index (χ4n) is 4.54. The summed E-state index contributed by atoms with van der Waals surface area (Å²) in [4.78, 5) is 15.3. The molecule has 30 heavy (non-hydrogen) atoms. The molecule has 4 rings (SSSR count). The summed E-state index contributed by atoms with van der Waals surface area (Å²) in [6.45, 7) is 1.73. The summed E-state index contributed by atoms with van der Waals surface area (Å²) in [7, 11) is 5.37. The number of para-hydroxylation sites is 1. The van der Waals surface area contributed by atoms with Crippen LogP contribution >= 0.6 is 0 Å². The highest BCUT2D eigenvalue weighted by atomic mass is 16.5. The number of piperidine rings is 1. The standard InChI is InChI=1S/C25H30N2O3/c1-26-17-23(21-9-5-6-10-24(21)26)22(16-25(28)27-11-7-4-8-12-27)18-13-19(29-2)15-20(14-18)30-3/h5-6,9-10,13-15,17,22H,4,7-8,11-12,16H2,1-3H3. The first-order chi connectivity index (χ1) is 14.6. The fourth-order valence-corrected chi connectivity index (χ4v) is 4.54. The van der Waals surface area contributed by atoms with E-state index in [1.54, 1.807) is 14.2 Å². The van der Waals surface area contributed by atoms with Gasteiger partial charge < -0.3 is 18.9 Å². The molecule has 158 valence electrons. The first-order valence-corrected chi connectivity index (χ1v) is 10.7. The van der Waals surface area contributed by atoms with E-state index < -0.39 is 0 Å². The van der Waals surface area contributed by atoms with Gasteiger partial charge in [0.2, 0.25) is 5.91 Å². The number of carbonyl (C=O) groups excluding carboxylic acids is 1. The van der Waals surface area contributed by atoms with E-state index in [0.717, 1.165) is 54.1 Å². The minimum atomic E-state index is -0.0745. The lowest BCUT2D eigenvalue weighted by Gasteiger charge is -2.29. The molecule has 1 fully saturated rings. The van der Waals surface area contributed by atoms with Crippen LogP contribution in [0.25, 0.3) is 10.9 Å². The van der Waals surface area contributed by atoms with Gasteiger partial charge in [0.15, 0.2) is 0 Å². The molecule has 5 nitrogen and oxygen atoms in total. The lowest BCUT2D eigenvalue weighted by atomic mass is 9.87. The summed E-state index contributed by atoms with van der Waals surface area (Å²) in [5.74, 6) is 1.61. The quantitative estimate of drug-likeness (QED) is 0.594. The number of amides is 1. The van der Waals surface area contributed by atoms with Gasteiger partial charge in [0.05, 0.1) is 14.2 Å². The minimum Gasteiger partial charge on any atom is -0.497 e. The van der Waals surface area contributed by atoms with Crippen molar-refractivity contribution in [3.8, 4) is 11.5 Å². The van der Waals surface area contributed by atoms with Crippen LogP contribution in [0.15, 0.2) is 48.7 Å². The van der Waals surface area contributed by atoms with Crippen LogP contribution in [-0.2, 0) is 11.8 Å². The smallest absolute Gasteiger partial charge is 0.223 e. The summed E-state index contributed by atoms with van der Waals surface area (Å²) in [5.41, 5.74) is 3.36. The Hall–Kier alpha value is -2.95. The van der Waals surface area contributed by atoms with Gasteiger partial charge in [-0.15, -0.1) is 0 Å². The molecular formula is C25H30N2O3. The lowest BCUT2D eigenvalue weighted by Crippen LogP contribution is -2.36. The number of fused-ring (bicyclic) bond motifs is 1. The largest absolute Gasteiger partial charge is 0.497 e. The summed E-state index contributed by atoms with van der Waals surface area (Å²) < 4.78 is 13.2. The van der Waals surface area contributed by atoms with Gasteiger partial charge >= 0.3 is 0 Å². The van der Waals surface area contributed by atoms with Crippen molar-refractivity contribution in [2.45, 2.75) is 31.6 Å². The van der Waals surface area contributed by atoms with Crippen molar-refractivity contribution < 1.29 is 14.3 Å². The Morgan fingerprint density at radius 2 is 1.67 bits per heavy atom. The summed E-state index contributed by atoms with van der Waals surface area (Å²) in [6.07, 6.45) is 5.99. The molecule has 0 aliphatic carbocycles. The molecule has 0 N–H and O–H groups in total. The first-order valence-electron chi connectivity index (χ1n) is 10.7. The van der Waals surface area contributed by atoms with Gasteiger partial charge in [-0.1, -0.05) is 18.2 Å². The molecule has 0 radical (unpaired) electrons. The van der Waals surface area contributed by atoms with Crippen LogP contribution in [0.3, 0.4) is 0 Å². The molecule has 1 atom stereocenters. The Kier molecular flexibility index (Phi) is 5.98. The number of hydrogen-bond acceptors (Lipinski definition) is 3. The van der Waals surface area contributed by atoms with E-state index in [1.165, 1.54) is 11.8 Å². The van der Waals surface area contributed by atoms with Gasteiger partial charge in [-0.25, -0.2) is 0 Å². The highest BCUT2D eigenvalue weighted by molar-refractivity contribution is 5.86. The Morgan fingerprint density at radius 3 is 2.33 bits per heavy atom. The molecule has 2 heterocycles. The van der Waals surface area contributed by atoms with Gasteiger partial charge in [-0.3, -0.25) is 4.79 Å². The number of ether oxygens (including phenoxy) is 2. The van der Waals surface area contributed by atoms with Crippen LogP contribution < -0.4 is 9.47 Å². The van der Waals surface area contributed by atoms with Crippen LogP contribution in [0.5, 0.6) is 11.5 Å². The molecule has 0 bridgehead atoms. The number of aryl methyl sites for hydroxylation is 1. The molecule has 3 aromatic rings. The number of benzene rings is 2. The third-order valence-electron chi connectivity index (χ3n) is 6.17. The molecule has 0 spiro atoms. The lowest BCUT2D eigenvalue weighted by molar-refractivity contribution is -0.132. The van der Waals surface area contributed by atoms with Gasteiger partial charge in [-0.05, 0) is 48.6 Å². The molecule has 2 aromatic carbocycles. The van der Waals surface area contributed by atoms with E-state index in [-0.39, 0.29) is 11.8 Å². The van der Waals surface area contributed by atoms with Crippen molar-refractivity contribution >= 4 is 16.8 Å². The van der Waals surface area contributed by atoms with Crippen LogP contribution in [0.2, 0.25) is 0 Å². The average molecular weight is 407 g/mol. The predicted octanol–water partition coefficient (Wildman–Crippen LogP) is 4.73. The molecule has 1 amide bonds. The average Bonchev–Trinajstić information content (AvgIpc) is 3.13. The van der Waals surface area contributed by atoms with Crippen molar-refractivity contribution in [3.05, 3.63) is 59.8 Å². The second kappa shape index (κ2) is 8.82. The SMILES string of the molecule is COc1cc(OC)cc(C(CC(=O)N2CCCCC2)c2cn(C)c3ccccc23)c1. The monoisotopic (exact) mass is 406 g/mol. The van der Waals surface area contributed by atoms with Crippen molar-refractivity contribution in [2.24, 2.45) is 7.05 Å². The summed E-state index contributed by atoms with van der Waals surface area (Å²) >= 11 is 0. The molecule has 1 aliphatic heterocycles. The first kappa shape index (κ1) is 20.3. The molecule has 1 saturated heterocycles. The highest BCUT2D eigenvalue weighted by Crippen LogP contribution is 2.38. The summed E-state index contributed by atoms with van der Waals surface area (Å²) in [6, 6.07) is 14.3. The Balaban J connectivity index is 1.79. The molecule has 1 aromatic heterocycles. The topological polar surface area (TPSA) is 43.7 Å². The highest BCUT2D eigenvalue weighted by Gasteiger charge is 2.26. The molecule has 5 heteroatoms. The second-order valence-electron chi connectivity index (χ2n) is 8.06. The van der Waals surface area contributed by atoms with Gasteiger partial charge in [0.25, 0.3) is 0 Å². The van der Waals surface area contributed by atoms with Gasteiger partial charge in [0.1, 0.15) is 11.5 Å². The normalized spacial score (nSPS) is 15.2. The maximum Gasteiger partial charge on any atom is 0.223 e. The number of likely N-dealkylation sites (tertiary alicyclic amines) is 1. The van der Waals surface area contributed by atoms with E-state index >= 15 is 0 Å². The van der Waals surface area contributed by atoms with Crippen molar-refractivity contribution in [1.29, 1.82) is 0 Å². The van der Waals surface area contributed by atoms with Crippen molar-refractivity contribution in [3.63, 3.8) is 0 Å². The Labute approximate surface area is 178 Å². The Bertz CT molecular complexity index is 1010. The fraction of sp³-hybridized carbons (Fsp3) is 0.400. The van der Waals surface area contributed by atoms with Crippen LogP contribution in [0.1, 0.15) is 42.7 Å². The Morgan fingerprint density at radius 1 is 1.00 bits per heavy atom. The van der Waals surface area contributed by atoms with E-state index in [2.05, 4.69) is 42.1 Å². The molecule has 0 saturated carbocycles. The number of aromatic nitrogens is 1. The third-order valence-corrected chi connectivity index (χ3v) is 6.17. The molecule has 1 unspecified atom stereocenters. The zero-order valence-electron chi connectivity index (χ0n) is 18.1. The summed E-state index contributed by atoms with van der Waals surface area (Å²) in [5, 5.41) is 1.18. The van der Waals surface area contributed by atoms with E-state index in [1.807, 2.05) is 23.1 Å². The second-order valence-corrected chi connectivity index (χ2v) is 8.06. The number of rotatable bonds is 6. The zero-order chi connectivity index (χ0) is 21.1. The number of nitrogens with zero attached hydrogens (tertiary/aromatic N) is 2.